The summed E-state index contributed by atoms with van der Waals surface area (Å²) >= 11 is 0. The minimum Gasteiger partial charge on any atom is -0.461 e. The highest BCUT2D eigenvalue weighted by atomic mass is 28.3. The van der Waals surface area contributed by atoms with Crippen LogP contribution in [0.3, 0.4) is 0 Å². The van der Waals surface area contributed by atoms with Crippen molar-refractivity contribution < 1.29 is 14.6 Å². The topological polar surface area (TPSA) is 46.5 Å². The lowest BCUT2D eigenvalue weighted by Crippen LogP contribution is -2.63. The van der Waals surface area contributed by atoms with E-state index in [4.69, 9.17) is 4.74 Å². The second-order valence-corrected chi connectivity index (χ2v) is 15.8. The van der Waals surface area contributed by atoms with Crippen LogP contribution in [0.1, 0.15) is 117 Å². The summed E-state index contributed by atoms with van der Waals surface area (Å²) < 4.78 is 5.64. The van der Waals surface area contributed by atoms with Gasteiger partial charge in [-0.25, -0.2) is 0 Å². The molecule has 1 N–H and O–H groups in total. The molecule has 1 fully saturated rings. The Balaban J connectivity index is 2.35. The Morgan fingerprint density at radius 1 is 0.862 bits per heavy atom. The first-order valence-electron chi connectivity index (χ1n) is 12.7. The number of hydrogen-bond acceptors (Lipinski definition) is 3. The number of aliphatic hydroxyl groups excluding tert-OH is 1. The van der Waals surface area contributed by atoms with E-state index < -0.39 is 8.07 Å². The van der Waals surface area contributed by atoms with Gasteiger partial charge in [0.2, 0.25) is 0 Å². The Morgan fingerprint density at radius 3 is 1.83 bits per heavy atom. The van der Waals surface area contributed by atoms with Crippen LogP contribution in [0.15, 0.2) is 0 Å². The normalized spacial score (nSPS) is 23.0. The third-order valence-electron chi connectivity index (χ3n) is 7.05. The highest BCUT2D eigenvalue weighted by molar-refractivity contribution is 6.83. The van der Waals surface area contributed by atoms with Crippen molar-refractivity contribution in [3.63, 3.8) is 0 Å². The number of unbranched alkanes of at least 4 members (excludes halogenated alkanes) is 11. The number of carbonyl (C=O) groups is 1. The lowest BCUT2D eigenvalue weighted by atomic mass is 9.85. The van der Waals surface area contributed by atoms with Gasteiger partial charge in [0.1, 0.15) is 6.10 Å². The van der Waals surface area contributed by atoms with Crippen LogP contribution in [0.25, 0.3) is 0 Å². The molecule has 1 rings (SSSR count). The SMILES string of the molecule is CCCCCCCCCCC[C@@H](O)C[C@@H]1OC(=O)[C@@]1(CCCCCC)[Si](C)(C)C. The zero-order valence-corrected chi connectivity index (χ0v) is 21.2. The molecule has 1 aliphatic rings. The van der Waals surface area contributed by atoms with Crippen LogP contribution < -0.4 is 0 Å². The second-order valence-electron chi connectivity index (χ2n) is 10.4. The van der Waals surface area contributed by atoms with Gasteiger partial charge in [0.05, 0.1) is 19.2 Å². The number of ether oxygens (including phenoxy) is 1. The van der Waals surface area contributed by atoms with Gasteiger partial charge in [0.15, 0.2) is 0 Å². The quantitative estimate of drug-likeness (QED) is 0.139. The number of hydrogen-bond donors (Lipinski definition) is 1. The Kier molecular flexibility index (Phi) is 12.7. The van der Waals surface area contributed by atoms with Crippen molar-refractivity contribution in [1.29, 1.82) is 0 Å². The smallest absolute Gasteiger partial charge is 0.313 e. The summed E-state index contributed by atoms with van der Waals surface area (Å²) in [4.78, 5) is 12.6. The molecule has 0 saturated carbocycles. The van der Waals surface area contributed by atoms with Gasteiger partial charge in [-0.2, -0.15) is 0 Å². The molecule has 3 atom stereocenters. The summed E-state index contributed by atoms with van der Waals surface area (Å²) in [6.07, 6.45) is 18.5. The van der Waals surface area contributed by atoms with Crippen molar-refractivity contribution in [2.45, 2.75) is 153 Å². The predicted octanol–water partition coefficient (Wildman–Crippen LogP) is 7.63. The van der Waals surface area contributed by atoms with Gasteiger partial charge in [-0.3, -0.25) is 4.79 Å². The number of aliphatic hydroxyl groups is 1. The molecule has 0 amide bonds. The van der Waals surface area contributed by atoms with Gasteiger partial charge in [-0.1, -0.05) is 117 Å². The van der Waals surface area contributed by atoms with Crippen molar-refractivity contribution in [3.05, 3.63) is 0 Å². The standard InChI is InChI=1S/C25H50O3Si/c1-6-8-10-12-13-14-15-16-17-19-22(26)21-23-25(24(27)28-23,29(3,4)5)20-18-11-9-7-2/h22-23,26H,6-21H2,1-5H3/t22-,23+,25+/m1/s1. The van der Waals surface area contributed by atoms with E-state index in [1.165, 1.54) is 70.6 Å². The molecule has 4 heteroatoms. The number of carbonyl (C=O) groups excluding carboxylic acids is 1. The molecule has 1 aliphatic heterocycles. The molecule has 0 unspecified atom stereocenters. The van der Waals surface area contributed by atoms with Gasteiger partial charge >= 0.3 is 5.97 Å². The first-order valence-corrected chi connectivity index (χ1v) is 16.2. The summed E-state index contributed by atoms with van der Waals surface area (Å²) in [7, 11) is -1.73. The molecule has 0 bridgehead atoms. The molecule has 1 heterocycles. The maximum Gasteiger partial charge on any atom is 0.313 e. The van der Waals surface area contributed by atoms with E-state index >= 15 is 0 Å². The zero-order valence-electron chi connectivity index (χ0n) is 20.2. The molecular weight excluding hydrogens is 376 g/mol. The minimum atomic E-state index is -1.73. The summed E-state index contributed by atoms with van der Waals surface area (Å²) in [5.74, 6) is 0.0217. The van der Waals surface area contributed by atoms with Gasteiger partial charge < -0.3 is 9.84 Å². The molecule has 0 radical (unpaired) electrons. The highest BCUT2D eigenvalue weighted by Gasteiger charge is 2.64. The van der Waals surface area contributed by atoms with Crippen LogP contribution in [0.2, 0.25) is 24.7 Å². The third kappa shape index (κ3) is 8.36. The molecule has 3 nitrogen and oxygen atoms in total. The van der Waals surface area contributed by atoms with Gasteiger partial charge in [0, 0.05) is 6.42 Å². The number of rotatable bonds is 18. The first kappa shape index (κ1) is 26.7. The Hall–Kier alpha value is -0.353. The monoisotopic (exact) mass is 426 g/mol. The average Bonchev–Trinajstić information content (AvgIpc) is 2.65. The van der Waals surface area contributed by atoms with Crippen molar-refractivity contribution in [1.82, 2.24) is 0 Å². The van der Waals surface area contributed by atoms with E-state index in [9.17, 15) is 9.90 Å². The van der Waals surface area contributed by atoms with E-state index in [0.29, 0.717) is 6.42 Å². The van der Waals surface area contributed by atoms with Gasteiger partial charge in [-0.15, -0.1) is 0 Å². The molecule has 1 saturated heterocycles. The second kappa shape index (κ2) is 13.9. The van der Waals surface area contributed by atoms with E-state index in [2.05, 4.69) is 33.5 Å². The predicted molar refractivity (Wildman–Crippen MR) is 127 cm³/mol. The van der Waals surface area contributed by atoms with Crippen LogP contribution in [0, 0.1) is 0 Å². The van der Waals surface area contributed by atoms with Crippen molar-refractivity contribution >= 4 is 14.0 Å². The largest absolute Gasteiger partial charge is 0.461 e. The molecule has 172 valence electrons. The maximum atomic E-state index is 12.6. The summed E-state index contributed by atoms with van der Waals surface area (Å²) in [6, 6.07) is 0. The molecule has 0 aromatic carbocycles. The lowest BCUT2D eigenvalue weighted by molar-refractivity contribution is -0.186. The average molecular weight is 427 g/mol. The van der Waals surface area contributed by atoms with Crippen LogP contribution in [0.4, 0.5) is 0 Å². The van der Waals surface area contributed by atoms with E-state index in [0.717, 1.165) is 25.7 Å². The van der Waals surface area contributed by atoms with Crippen LogP contribution in [0.5, 0.6) is 0 Å². The molecule has 0 spiro atoms. The lowest BCUT2D eigenvalue weighted by Gasteiger charge is -2.54. The van der Waals surface area contributed by atoms with E-state index in [-0.39, 0.29) is 23.2 Å². The maximum absolute atomic E-state index is 12.6. The fourth-order valence-corrected chi connectivity index (χ4v) is 7.71. The first-order chi connectivity index (χ1) is 13.8. The number of cyclic esters (lactones) is 1. The van der Waals surface area contributed by atoms with E-state index in [1.807, 2.05) is 0 Å². The third-order valence-corrected chi connectivity index (χ3v) is 10.5. The van der Waals surface area contributed by atoms with Gasteiger partial charge in [-0.05, 0) is 12.8 Å². The zero-order chi connectivity index (χ0) is 21.8. The fourth-order valence-electron chi connectivity index (χ4n) is 4.97. The van der Waals surface area contributed by atoms with Crippen LogP contribution in [-0.4, -0.2) is 31.4 Å². The highest BCUT2D eigenvalue weighted by Crippen LogP contribution is 2.56. The Morgan fingerprint density at radius 2 is 1.34 bits per heavy atom. The van der Waals surface area contributed by atoms with E-state index in [1.54, 1.807) is 0 Å². The van der Waals surface area contributed by atoms with Crippen molar-refractivity contribution in [2.75, 3.05) is 0 Å². The van der Waals surface area contributed by atoms with Gasteiger partial charge in [0.25, 0.3) is 0 Å². The Bertz CT molecular complexity index is 446. The molecule has 29 heavy (non-hydrogen) atoms. The minimum absolute atomic E-state index is 0.0217. The van der Waals surface area contributed by atoms with Crippen LogP contribution >= 0.6 is 0 Å². The Labute approximate surface area is 182 Å². The number of esters is 1. The molecular formula is C25H50O3Si. The molecule has 0 aromatic heterocycles. The summed E-state index contributed by atoms with van der Waals surface area (Å²) in [5.41, 5.74) is 0. The molecule has 0 aliphatic carbocycles. The summed E-state index contributed by atoms with van der Waals surface area (Å²) in [5, 5.41) is 10.3. The summed E-state index contributed by atoms with van der Waals surface area (Å²) in [6.45, 7) is 11.4. The molecule has 0 aromatic rings. The van der Waals surface area contributed by atoms with Crippen LogP contribution in [-0.2, 0) is 9.53 Å². The fraction of sp³-hybridized carbons (Fsp3) is 0.960. The van der Waals surface area contributed by atoms with Crippen molar-refractivity contribution in [3.8, 4) is 0 Å². The van der Waals surface area contributed by atoms with Crippen molar-refractivity contribution in [2.24, 2.45) is 0 Å².